The van der Waals surface area contributed by atoms with Crippen LogP contribution in [0.1, 0.15) is 29.1 Å². The highest BCUT2D eigenvalue weighted by atomic mass is 32.1. The normalized spacial score (nSPS) is 10.5. The molecule has 0 saturated carbocycles. The molecule has 0 aliphatic heterocycles. The highest BCUT2D eigenvalue weighted by Crippen LogP contribution is 2.15. The van der Waals surface area contributed by atoms with Crippen molar-refractivity contribution in [1.82, 2.24) is 5.32 Å². The third-order valence-corrected chi connectivity index (χ3v) is 3.36. The molecule has 1 rings (SSSR count). The van der Waals surface area contributed by atoms with Crippen LogP contribution in [0.15, 0.2) is 11.4 Å². The maximum Gasteiger partial charge on any atom is 0.252 e. The molecule has 1 heterocycles. The fourth-order valence-corrected chi connectivity index (χ4v) is 1.89. The topological polar surface area (TPSA) is 92.4 Å². The van der Waals surface area contributed by atoms with Crippen LogP contribution in [0.2, 0.25) is 0 Å². The van der Waals surface area contributed by atoms with Gasteiger partial charge in [0.15, 0.2) is 0 Å². The van der Waals surface area contributed by atoms with Crippen molar-refractivity contribution >= 4 is 23.2 Å². The Hall–Kier alpha value is -1.84. The molecule has 0 spiro atoms. The zero-order valence-electron chi connectivity index (χ0n) is 10.8. The third kappa shape index (κ3) is 4.39. The largest absolute Gasteiger partial charge is 0.384 e. The van der Waals surface area contributed by atoms with Crippen LogP contribution in [-0.4, -0.2) is 30.1 Å². The minimum Gasteiger partial charge on any atom is -0.384 e. The predicted molar refractivity (Wildman–Crippen MR) is 73.6 cm³/mol. The summed E-state index contributed by atoms with van der Waals surface area (Å²) in [6.07, 6.45) is 0. The third-order valence-electron chi connectivity index (χ3n) is 2.51. The molecule has 0 aliphatic carbocycles. The van der Waals surface area contributed by atoms with Gasteiger partial charge in [-0.2, -0.15) is 0 Å². The summed E-state index contributed by atoms with van der Waals surface area (Å²) in [5, 5.41) is 12.9. The van der Waals surface area contributed by atoms with Crippen LogP contribution >= 0.6 is 11.3 Å². The molecule has 1 aromatic heterocycles. The SMILES string of the molecule is CC(C)(CNC(=O)c1csc(C#CCO)c1)C(N)=O. The molecule has 0 radical (unpaired) electrons. The quantitative estimate of drug-likeness (QED) is 0.694. The van der Waals surface area contributed by atoms with E-state index in [1.165, 1.54) is 11.3 Å². The van der Waals surface area contributed by atoms with Crippen molar-refractivity contribution in [3.05, 3.63) is 21.9 Å². The van der Waals surface area contributed by atoms with E-state index in [1.807, 2.05) is 0 Å². The van der Waals surface area contributed by atoms with Gasteiger partial charge in [0.2, 0.25) is 5.91 Å². The molecule has 102 valence electrons. The van der Waals surface area contributed by atoms with Gasteiger partial charge in [0.1, 0.15) is 6.61 Å². The van der Waals surface area contributed by atoms with E-state index in [1.54, 1.807) is 25.3 Å². The van der Waals surface area contributed by atoms with Crippen molar-refractivity contribution in [3.8, 4) is 11.8 Å². The number of carbonyl (C=O) groups is 2. The van der Waals surface area contributed by atoms with Gasteiger partial charge in [-0.15, -0.1) is 11.3 Å². The van der Waals surface area contributed by atoms with Crippen molar-refractivity contribution in [1.29, 1.82) is 0 Å². The van der Waals surface area contributed by atoms with Gasteiger partial charge in [0.25, 0.3) is 5.91 Å². The standard InChI is InChI=1S/C13H16N2O3S/c1-13(2,12(14)18)8-15-11(17)9-6-10(19-7-9)4-3-5-16/h6-7,16H,5,8H2,1-2H3,(H2,14,18)(H,15,17). The maximum atomic E-state index is 11.8. The molecule has 4 N–H and O–H groups in total. The molecule has 0 saturated heterocycles. The summed E-state index contributed by atoms with van der Waals surface area (Å²) in [6, 6.07) is 1.64. The van der Waals surface area contributed by atoms with E-state index in [-0.39, 0.29) is 19.1 Å². The van der Waals surface area contributed by atoms with Crippen LogP contribution in [0.25, 0.3) is 0 Å². The Morgan fingerprint density at radius 3 is 2.79 bits per heavy atom. The molecule has 0 unspecified atom stereocenters. The molecule has 6 heteroatoms. The molecule has 0 aromatic carbocycles. The molecule has 19 heavy (non-hydrogen) atoms. The number of hydrogen-bond acceptors (Lipinski definition) is 4. The summed E-state index contributed by atoms with van der Waals surface area (Å²) in [6.45, 7) is 3.30. The van der Waals surface area contributed by atoms with Gasteiger partial charge in [0, 0.05) is 11.9 Å². The number of primary amides is 1. The number of nitrogens with one attached hydrogen (secondary N) is 1. The van der Waals surface area contributed by atoms with E-state index in [9.17, 15) is 9.59 Å². The zero-order valence-corrected chi connectivity index (χ0v) is 11.6. The second-order valence-electron chi connectivity index (χ2n) is 4.59. The first-order valence-electron chi connectivity index (χ1n) is 5.63. The summed E-state index contributed by atoms with van der Waals surface area (Å²) >= 11 is 1.32. The number of aliphatic hydroxyl groups excluding tert-OH is 1. The first-order chi connectivity index (χ1) is 8.86. The number of rotatable bonds is 4. The Morgan fingerprint density at radius 2 is 2.21 bits per heavy atom. The molecular weight excluding hydrogens is 264 g/mol. The van der Waals surface area contributed by atoms with Crippen LogP contribution in [0.4, 0.5) is 0 Å². The van der Waals surface area contributed by atoms with Crippen molar-refractivity contribution in [2.45, 2.75) is 13.8 Å². The fraction of sp³-hybridized carbons (Fsp3) is 0.385. The number of hydrogen-bond donors (Lipinski definition) is 3. The van der Waals surface area contributed by atoms with Crippen LogP contribution in [0.5, 0.6) is 0 Å². The second kappa shape index (κ2) is 6.36. The monoisotopic (exact) mass is 280 g/mol. The van der Waals surface area contributed by atoms with Gasteiger partial charge in [-0.05, 0) is 19.9 Å². The summed E-state index contributed by atoms with van der Waals surface area (Å²) in [4.78, 5) is 23.7. The van der Waals surface area contributed by atoms with Crippen LogP contribution in [0.3, 0.4) is 0 Å². The molecule has 0 fully saturated rings. The molecule has 0 atom stereocenters. The lowest BCUT2D eigenvalue weighted by molar-refractivity contribution is -0.125. The minimum atomic E-state index is -0.787. The Labute approximate surface area is 115 Å². The number of amides is 2. The number of nitrogens with two attached hydrogens (primary N) is 1. The molecule has 5 nitrogen and oxygen atoms in total. The summed E-state index contributed by atoms with van der Waals surface area (Å²) in [5.41, 5.74) is 4.92. The molecule has 0 bridgehead atoms. The van der Waals surface area contributed by atoms with Gasteiger partial charge in [-0.3, -0.25) is 9.59 Å². The molecule has 2 amide bonds. The van der Waals surface area contributed by atoms with E-state index in [4.69, 9.17) is 10.8 Å². The average molecular weight is 280 g/mol. The number of aliphatic hydroxyl groups is 1. The van der Waals surface area contributed by atoms with Gasteiger partial charge < -0.3 is 16.2 Å². The lowest BCUT2D eigenvalue weighted by Crippen LogP contribution is -2.42. The fourth-order valence-electron chi connectivity index (χ4n) is 1.14. The zero-order chi connectivity index (χ0) is 14.5. The smallest absolute Gasteiger partial charge is 0.252 e. The van der Waals surface area contributed by atoms with Crippen LogP contribution < -0.4 is 11.1 Å². The molecule has 0 aliphatic rings. The highest BCUT2D eigenvalue weighted by Gasteiger charge is 2.25. The Balaban J connectivity index is 2.64. The Kier molecular flexibility index (Phi) is 5.10. The summed E-state index contributed by atoms with van der Waals surface area (Å²) < 4.78 is 0. The van der Waals surface area contributed by atoms with Gasteiger partial charge in [-0.25, -0.2) is 0 Å². The van der Waals surface area contributed by atoms with Crippen molar-refractivity contribution in [3.63, 3.8) is 0 Å². The number of carbonyl (C=O) groups excluding carboxylic acids is 2. The first kappa shape index (κ1) is 15.2. The van der Waals surface area contributed by atoms with Crippen molar-refractivity contribution in [2.75, 3.05) is 13.2 Å². The average Bonchev–Trinajstić information content (AvgIpc) is 2.82. The van der Waals surface area contributed by atoms with Gasteiger partial charge in [0.05, 0.1) is 15.9 Å². The van der Waals surface area contributed by atoms with E-state index in [0.29, 0.717) is 10.4 Å². The minimum absolute atomic E-state index is 0.175. The lowest BCUT2D eigenvalue weighted by Gasteiger charge is -2.20. The van der Waals surface area contributed by atoms with E-state index >= 15 is 0 Å². The van der Waals surface area contributed by atoms with E-state index in [0.717, 1.165) is 0 Å². The highest BCUT2D eigenvalue weighted by molar-refractivity contribution is 7.10. The maximum absolute atomic E-state index is 11.8. The summed E-state index contributed by atoms with van der Waals surface area (Å²) in [7, 11) is 0. The Bertz CT molecular complexity index is 538. The van der Waals surface area contributed by atoms with Crippen molar-refractivity contribution in [2.24, 2.45) is 11.1 Å². The summed E-state index contributed by atoms with van der Waals surface area (Å²) in [5.74, 6) is 4.50. The van der Waals surface area contributed by atoms with E-state index in [2.05, 4.69) is 17.2 Å². The number of thiophene rings is 1. The molecule has 1 aromatic rings. The van der Waals surface area contributed by atoms with E-state index < -0.39 is 11.3 Å². The van der Waals surface area contributed by atoms with Crippen LogP contribution in [0, 0.1) is 17.3 Å². The predicted octanol–water partition coefficient (Wildman–Crippen LogP) is 0.333. The second-order valence-corrected chi connectivity index (χ2v) is 5.50. The van der Waals surface area contributed by atoms with Crippen LogP contribution in [-0.2, 0) is 4.79 Å². The van der Waals surface area contributed by atoms with Gasteiger partial charge in [-0.1, -0.05) is 11.8 Å². The van der Waals surface area contributed by atoms with Crippen molar-refractivity contribution < 1.29 is 14.7 Å². The van der Waals surface area contributed by atoms with Gasteiger partial charge >= 0.3 is 0 Å². The Morgan fingerprint density at radius 1 is 1.53 bits per heavy atom. The lowest BCUT2D eigenvalue weighted by atomic mass is 9.93. The first-order valence-corrected chi connectivity index (χ1v) is 6.51. The molecular formula is C13H16N2O3S.